The van der Waals surface area contributed by atoms with Crippen molar-refractivity contribution >= 4 is 34.1 Å². The number of aromatic nitrogens is 3. The van der Waals surface area contributed by atoms with Crippen molar-refractivity contribution in [2.75, 3.05) is 7.11 Å². The van der Waals surface area contributed by atoms with Crippen LogP contribution in [0.5, 0.6) is 5.75 Å². The first-order valence-electron chi connectivity index (χ1n) is 8.50. The molecule has 0 spiro atoms. The van der Waals surface area contributed by atoms with Gasteiger partial charge in [0.1, 0.15) is 5.75 Å². The molecule has 4 aromatic rings. The van der Waals surface area contributed by atoms with Crippen molar-refractivity contribution in [3.05, 3.63) is 71.2 Å². The van der Waals surface area contributed by atoms with Crippen LogP contribution in [0.1, 0.15) is 5.56 Å². The molecule has 1 aromatic heterocycles. The number of hydrogen-bond donors (Lipinski definition) is 0. The molecule has 0 aliphatic heterocycles. The Morgan fingerprint density at radius 2 is 1.85 bits per heavy atom. The Labute approximate surface area is 167 Å². The van der Waals surface area contributed by atoms with Gasteiger partial charge in [-0.25, -0.2) is 0 Å². The average molecular weight is 396 g/mol. The summed E-state index contributed by atoms with van der Waals surface area (Å²) in [5, 5.41) is 12.7. The lowest BCUT2D eigenvalue weighted by molar-refractivity contribution is 0.416. The molecule has 6 heteroatoms. The molecule has 0 unspecified atom stereocenters. The summed E-state index contributed by atoms with van der Waals surface area (Å²) < 4.78 is 7.43. The number of thioether (sulfide) groups is 1. The molecule has 136 valence electrons. The second-order valence-corrected chi connectivity index (χ2v) is 7.52. The van der Waals surface area contributed by atoms with E-state index >= 15 is 0 Å². The largest absolute Gasteiger partial charge is 0.496 e. The van der Waals surface area contributed by atoms with E-state index in [9.17, 15) is 0 Å². The Bertz CT molecular complexity index is 1100. The fraction of sp³-hybridized carbons (Fsp3) is 0.143. The van der Waals surface area contributed by atoms with E-state index in [0.29, 0.717) is 5.02 Å². The molecule has 0 saturated carbocycles. The number of benzene rings is 3. The lowest BCUT2D eigenvalue weighted by atomic mass is 10.1. The fourth-order valence-electron chi connectivity index (χ4n) is 3.09. The molecule has 0 saturated heterocycles. The zero-order valence-electron chi connectivity index (χ0n) is 15.0. The molecule has 0 aliphatic rings. The van der Waals surface area contributed by atoms with Crippen LogP contribution < -0.4 is 4.74 Å². The van der Waals surface area contributed by atoms with Crippen LogP contribution in [0.15, 0.2) is 65.8 Å². The smallest absolute Gasteiger partial charge is 0.191 e. The number of halogens is 1. The molecule has 1 heterocycles. The highest BCUT2D eigenvalue weighted by Gasteiger charge is 2.16. The van der Waals surface area contributed by atoms with E-state index in [1.165, 1.54) is 16.3 Å². The number of fused-ring (bicyclic) bond motifs is 1. The molecule has 0 fully saturated rings. The third-order valence-electron chi connectivity index (χ3n) is 4.47. The van der Waals surface area contributed by atoms with Crippen molar-refractivity contribution in [2.45, 2.75) is 10.9 Å². The third-order valence-corrected chi connectivity index (χ3v) is 5.78. The lowest BCUT2D eigenvalue weighted by Crippen LogP contribution is -1.97. The van der Waals surface area contributed by atoms with E-state index in [4.69, 9.17) is 16.3 Å². The molecule has 0 amide bonds. The van der Waals surface area contributed by atoms with Crippen molar-refractivity contribution in [1.29, 1.82) is 0 Å². The molecule has 3 aromatic carbocycles. The van der Waals surface area contributed by atoms with Gasteiger partial charge < -0.3 is 9.30 Å². The van der Waals surface area contributed by atoms with Gasteiger partial charge in [0, 0.05) is 17.8 Å². The molecule has 0 bridgehead atoms. The second-order valence-electron chi connectivity index (χ2n) is 6.14. The number of nitrogens with zero attached hydrogens (tertiary/aromatic N) is 3. The first-order chi connectivity index (χ1) is 13.2. The highest BCUT2D eigenvalue weighted by molar-refractivity contribution is 7.98. The summed E-state index contributed by atoms with van der Waals surface area (Å²) in [6, 6.07) is 20.3. The van der Waals surface area contributed by atoms with Crippen LogP contribution in [0, 0.1) is 0 Å². The van der Waals surface area contributed by atoms with E-state index in [2.05, 4.69) is 52.7 Å². The predicted octanol–water partition coefficient (Wildman–Crippen LogP) is 5.59. The Kier molecular flexibility index (Phi) is 5.05. The summed E-state index contributed by atoms with van der Waals surface area (Å²) in [7, 11) is 3.60. The average Bonchev–Trinajstić information content (AvgIpc) is 3.06. The van der Waals surface area contributed by atoms with E-state index in [1.807, 2.05) is 23.7 Å². The van der Waals surface area contributed by atoms with Crippen molar-refractivity contribution < 1.29 is 4.74 Å². The van der Waals surface area contributed by atoms with Gasteiger partial charge in [0.25, 0.3) is 0 Å². The van der Waals surface area contributed by atoms with Gasteiger partial charge in [-0.2, -0.15) is 0 Å². The van der Waals surface area contributed by atoms with E-state index in [-0.39, 0.29) is 0 Å². The van der Waals surface area contributed by atoms with Gasteiger partial charge in [-0.05, 0) is 34.5 Å². The minimum absolute atomic E-state index is 0.638. The first-order valence-corrected chi connectivity index (χ1v) is 9.86. The monoisotopic (exact) mass is 395 g/mol. The molecule has 4 nitrogen and oxygen atoms in total. The Balaban J connectivity index is 1.63. The molecular formula is C21H18ClN3OS. The van der Waals surface area contributed by atoms with E-state index in [1.54, 1.807) is 24.9 Å². The minimum Gasteiger partial charge on any atom is -0.496 e. The first kappa shape index (κ1) is 17.9. The Morgan fingerprint density at radius 1 is 1.04 bits per heavy atom. The highest BCUT2D eigenvalue weighted by Crippen LogP contribution is 2.33. The summed E-state index contributed by atoms with van der Waals surface area (Å²) in [6.07, 6.45) is 0. The predicted molar refractivity (Wildman–Crippen MR) is 112 cm³/mol. The van der Waals surface area contributed by atoms with Gasteiger partial charge >= 0.3 is 0 Å². The maximum Gasteiger partial charge on any atom is 0.191 e. The molecule has 0 atom stereocenters. The fourth-order valence-corrected chi connectivity index (χ4v) is 4.18. The zero-order valence-corrected chi connectivity index (χ0v) is 16.6. The van der Waals surface area contributed by atoms with Gasteiger partial charge in [-0.15, -0.1) is 10.2 Å². The van der Waals surface area contributed by atoms with Gasteiger partial charge in [0.05, 0.1) is 12.7 Å². The van der Waals surface area contributed by atoms with Crippen molar-refractivity contribution in [3.8, 4) is 17.1 Å². The Hall–Kier alpha value is -2.50. The van der Waals surface area contributed by atoms with E-state index < -0.39 is 0 Å². The normalized spacial score (nSPS) is 11.1. The second kappa shape index (κ2) is 7.62. The van der Waals surface area contributed by atoms with Crippen molar-refractivity contribution in [3.63, 3.8) is 0 Å². The quantitative estimate of drug-likeness (QED) is 0.413. The highest BCUT2D eigenvalue weighted by atomic mass is 35.5. The SMILES string of the molecule is COc1ccc(Cl)cc1-c1nnc(SCc2cccc3ccccc23)n1C. The van der Waals surface area contributed by atoms with Crippen LogP contribution >= 0.6 is 23.4 Å². The van der Waals surface area contributed by atoms with Crippen LogP contribution in [0.3, 0.4) is 0 Å². The summed E-state index contributed by atoms with van der Waals surface area (Å²) in [5.74, 6) is 2.27. The summed E-state index contributed by atoms with van der Waals surface area (Å²) in [6.45, 7) is 0. The van der Waals surface area contributed by atoms with E-state index in [0.717, 1.165) is 28.0 Å². The topological polar surface area (TPSA) is 39.9 Å². The van der Waals surface area contributed by atoms with Gasteiger partial charge in [0.2, 0.25) is 0 Å². The molecule has 4 rings (SSSR count). The molecule has 27 heavy (non-hydrogen) atoms. The summed E-state index contributed by atoms with van der Waals surface area (Å²) >= 11 is 7.82. The van der Waals surface area contributed by atoms with Gasteiger partial charge in [-0.1, -0.05) is 65.8 Å². The molecular weight excluding hydrogens is 378 g/mol. The number of rotatable bonds is 5. The number of hydrogen-bond acceptors (Lipinski definition) is 4. The minimum atomic E-state index is 0.638. The van der Waals surface area contributed by atoms with Crippen LogP contribution in [0.4, 0.5) is 0 Å². The maximum absolute atomic E-state index is 6.16. The van der Waals surface area contributed by atoms with Crippen LogP contribution in [0.2, 0.25) is 5.02 Å². The summed E-state index contributed by atoms with van der Waals surface area (Å²) in [4.78, 5) is 0. The Morgan fingerprint density at radius 3 is 2.70 bits per heavy atom. The van der Waals surface area contributed by atoms with Crippen LogP contribution in [0.25, 0.3) is 22.2 Å². The molecule has 0 radical (unpaired) electrons. The molecule has 0 N–H and O–H groups in total. The number of methoxy groups -OCH3 is 1. The zero-order chi connectivity index (χ0) is 18.8. The third kappa shape index (κ3) is 3.53. The lowest BCUT2D eigenvalue weighted by Gasteiger charge is -2.09. The summed E-state index contributed by atoms with van der Waals surface area (Å²) in [5.41, 5.74) is 2.11. The van der Waals surface area contributed by atoms with Gasteiger partial charge in [0.15, 0.2) is 11.0 Å². The maximum atomic E-state index is 6.16. The molecule has 0 aliphatic carbocycles. The van der Waals surface area contributed by atoms with Crippen LogP contribution in [-0.2, 0) is 12.8 Å². The number of ether oxygens (including phenoxy) is 1. The standard InChI is InChI=1S/C21H18ClN3OS/c1-25-20(18-12-16(22)10-11-19(18)26-2)23-24-21(25)27-13-15-8-5-7-14-6-3-4-9-17(14)15/h3-12H,13H2,1-2H3. The van der Waals surface area contributed by atoms with Crippen LogP contribution in [-0.4, -0.2) is 21.9 Å². The van der Waals surface area contributed by atoms with Crippen molar-refractivity contribution in [2.24, 2.45) is 7.05 Å². The van der Waals surface area contributed by atoms with Gasteiger partial charge in [-0.3, -0.25) is 0 Å². The van der Waals surface area contributed by atoms with Crippen molar-refractivity contribution in [1.82, 2.24) is 14.8 Å².